The smallest absolute Gasteiger partial charge is 0.338 e. The number of pyridine rings is 1. The number of rotatable bonds is 6. The quantitative estimate of drug-likeness (QED) is 0.429. The molecule has 0 aromatic carbocycles. The minimum Gasteiger partial charge on any atom is -0.478 e. The van der Waals surface area contributed by atoms with Crippen LogP contribution in [0.25, 0.3) is 5.82 Å². The zero-order valence-corrected chi connectivity index (χ0v) is 16.1. The third-order valence-corrected chi connectivity index (χ3v) is 7.10. The van der Waals surface area contributed by atoms with E-state index in [0.717, 1.165) is 25.7 Å². The van der Waals surface area contributed by atoms with E-state index in [9.17, 15) is 9.90 Å². The molecule has 3 saturated carbocycles. The van der Waals surface area contributed by atoms with Gasteiger partial charge in [-0.1, -0.05) is 11.6 Å². The maximum atomic E-state index is 11.1. The van der Waals surface area contributed by atoms with Crippen molar-refractivity contribution in [2.45, 2.75) is 36.6 Å². The van der Waals surface area contributed by atoms with E-state index in [4.69, 9.17) is 45.0 Å². The van der Waals surface area contributed by atoms with Crippen molar-refractivity contribution in [2.75, 3.05) is 0 Å². The van der Waals surface area contributed by atoms with E-state index in [1.165, 1.54) is 29.1 Å². The fourth-order valence-electron chi connectivity index (χ4n) is 5.15. The summed E-state index contributed by atoms with van der Waals surface area (Å²) in [5.41, 5.74) is -2.23. The number of nitrogens with zero attached hydrogens (tertiary/aromatic N) is 3. The average molecular weight is 405 g/mol. The Kier molecular flexibility index (Phi) is 3.69. The monoisotopic (exact) mass is 405 g/mol. The Balaban J connectivity index is 1.36. The summed E-state index contributed by atoms with van der Waals surface area (Å²) >= 11 is 5.90. The summed E-state index contributed by atoms with van der Waals surface area (Å²) in [5, 5.41) is 22.2. The summed E-state index contributed by atoms with van der Waals surface area (Å²) in [7, 11) is 18.7. The first kappa shape index (κ1) is 19.1. The van der Waals surface area contributed by atoms with Crippen LogP contribution in [0.3, 0.4) is 0 Å². The molecule has 6 radical (unpaired) electrons. The number of carbonyl (C=O) groups is 1. The number of fused-ring (bicyclic) bond motifs is 1. The van der Waals surface area contributed by atoms with Gasteiger partial charge in [-0.2, -0.15) is 0 Å². The lowest BCUT2D eigenvalue weighted by Crippen LogP contribution is -2.51. The first-order valence-electron chi connectivity index (χ1n) is 9.28. The number of ether oxygens (including phenoxy) is 1. The lowest BCUT2D eigenvalue weighted by Gasteiger charge is -2.42. The van der Waals surface area contributed by atoms with Crippen LogP contribution in [0, 0.1) is 16.7 Å². The Labute approximate surface area is 176 Å². The van der Waals surface area contributed by atoms with E-state index in [1.807, 2.05) is 0 Å². The number of hydrogen-bond acceptors (Lipinski definition) is 5. The van der Waals surface area contributed by atoms with Gasteiger partial charge in [0.25, 0.3) is 0 Å². The second kappa shape index (κ2) is 5.61. The van der Waals surface area contributed by atoms with E-state index < -0.39 is 16.9 Å². The average Bonchev–Trinajstić information content (AvgIpc) is 3.58. The topological polar surface area (TPSA) is 97.5 Å². The lowest BCUT2D eigenvalue weighted by molar-refractivity contribution is -0.0868. The molecule has 2 spiro atoms. The highest BCUT2D eigenvalue weighted by atomic mass is 35.5. The third kappa shape index (κ3) is 2.54. The number of aromatic nitrogens is 3. The molecule has 3 fully saturated rings. The molecule has 2 aromatic rings. The van der Waals surface area contributed by atoms with Crippen molar-refractivity contribution in [1.29, 1.82) is 0 Å². The number of carboxylic acids is 1. The van der Waals surface area contributed by atoms with Crippen molar-refractivity contribution in [3.63, 3.8) is 0 Å². The molecular formula is C18H15B3ClN3O4. The van der Waals surface area contributed by atoms with Crippen LogP contribution in [0.5, 0.6) is 5.88 Å². The highest BCUT2D eigenvalue weighted by molar-refractivity contribution is 6.45. The molecule has 0 aliphatic heterocycles. The zero-order valence-electron chi connectivity index (χ0n) is 15.4. The van der Waals surface area contributed by atoms with Gasteiger partial charge in [0.15, 0.2) is 13.7 Å². The fraction of sp³-hybridized carbons (Fsp3) is 0.500. The van der Waals surface area contributed by atoms with E-state index in [-0.39, 0.29) is 39.2 Å². The van der Waals surface area contributed by atoms with E-state index in [1.54, 1.807) is 0 Å². The molecule has 142 valence electrons. The second-order valence-corrected chi connectivity index (χ2v) is 8.75. The summed E-state index contributed by atoms with van der Waals surface area (Å²) in [6, 6.07) is 4.21. The normalized spacial score (nSPS) is 23.0. The van der Waals surface area contributed by atoms with Crippen molar-refractivity contribution < 1.29 is 19.7 Å². The molecule has 2 heterocycles. The molecule has 3 aliphatic carbocycles. The molecule has 2 aromatic heterocycles. The predicted molar refractivity (Wildman–Crippen MR) is 106 cm³/mol. The van der Waals surface area contributed by atoms with Crippen LogP contribution in [0.2, 0.25) is 10.4 Å². The van der Waals surface area contributed by atoms with Crippen LogP contribution in [-0.2, 0) is 0 Å². The molecule has 0 saturated heterocycles. The Morgan fingerprint density at radius 1 is 1.21 bits per heavy atom. The van der Waals surface area contributed by atoms with Crippen LogP contribution >= 0.6 is 11.6 Å². The largest absolute Gasteiger partial charge is 0.478 e. The van der Waals surface area contributed by atoms with Gasteiger partial charge >= 0.3 is 5.97 Å². The molecule has 29 heavy (non-hydrogen) atoms. The SMILES string of the molecule is [B]C(O)(Oc1ccn(-c2ccc(C(=O)O)c(Cl)n2)n1)C([B])([B])C1C2(CC2)C12CC2. The first-order valence-corrected chi connectivity index (χ1v) is 9.66. The van der Waals surface area contributed by atoms with Crippen LogP contribution < -0.4 is 4.74 Å². The van der Waals surface area contributed by atoms with Crippen LogP contribution in [0.4, 0.5) is 0 Å². The Hall–Kier alpha value is -1.93. The second-order valence-electron chi connectivity index (χ2n) is 8.39. The molecule has 3 aliphatic rings. The van der Waals surface area contributed by atoms with Crippen molar-refractivity contribution in [2.24, 2.45) is 16.7 Å². The highest BCUT2D eigenvalue weighted by Crippen LogP contribution is 2.96. The molecule has 1 atom stereocenters. The Morgan fingerprint density at radius 3 is 2.34 bits per heavy atom. The van der Waals surface area contributed by atoms with Crippen molar-refractivity contribution in [3.8, 4) is 11.7 Å². The molecule has 1 unspecified atom stereocenters. The van der Waals surface area contributed by atoms with Crippen molar-refractivity contribution >= 4 is 41.1 Å². The van der Waals surface area contributed by atoms with Gasteiger partial charge < -0.3 is 14.9 Å². The first-order chi connectivity index (χ1) is 13.5. The predicted octanol–water partition coefficient (Wildman–Crippen LogP) is 1.46. The number of carboxylic acid groups (broad SMARTS) is 1. The van der Waals surface area contributed by atoms with Crippen LogP contribution in [-0.4, -0.2) is 60.2 Å². The standard InChI is InChI=1S/C18H15B3ClN3O4/c19-17(20,14-15(4-5-15)16(14)6-7-16)18(21,28)29-11-3-8-25(24-11)10-2-1-9(13(26)27)12(22)23-10/h1-3,8,14,28H,4-7H2,(H,26,27). The van der Waals surface area contributed by atoms with Gasteiger partial charge in [0.05, 0.1) is 21.3 Å². The third-order valence-electron chi connectivity index (χ3n) is 6.81. The van der Waals surface area contributed by atoms with Gasteiger partial charge in [0, 0.05) is 12.3 Å². The number of halogens is 1. The Bertz CT molecular complexity index is 1020. The molecular weight excluding hydrogens is 390 g/mol. The lowest BCUT2D eigenvalue weighted by atomic mass is 9.42. The van der Waals surface area contributed by atoms with Crippen molar-refractivity contribution in [1.82, 2.24) is 14.8 Å². The molecule has 7 nitrogen and oxygen atoms in total. The highest BCUT2D eigenvalue weighted by Gasteiger charge is 2.89. The van der Waals surface area contributed by atoms with Gasteiger partial charge in [-0.05, 0) is 59.8 Å². The van der Waals surface area contributed by atoms with E-state index in [0.29, 0.717) is 0 Å². The number of aliphatic hydroxyl groups is 1. The minimum atomic E-state index is -2.32. The van der Waals surface area contributed by atoms with Gasteiger partial charge in [0.2, 0.25) is 5.88 Å². The van der Waals surface area contributed by atoms with Gasteiger partial charge in [-0.3, -0.25) is 0 Å². The fourth-order valence-corrected chi connectivity index (χ4v) is 5.38. The molecule has 11 heteroatoms. The van der Waals surface area contributed by atoms with E-state index >= 15 is 0 Å². The summed E-state index contributed by atoms with van der Waals surface area (Å²) in [6.07, 6.45) is 5.71. The summed E-state index contributed by atoms with van der Waals surface area (Å²) in [4.78, 5) is 15.1. The van der Waals surface area contributed by atoms with Gasteiger partial charge in [-0.15, -0.1) is 5.10 Å². The van der Waals surface area contributed by atoms with Crippen LogP contribution in [0.1, 0.15) is 36.0 Å². The maximum Gasteiger partial charge on any atom is 0.338 e. The summed E-state index contributed by atoms with van der Waals surface area (Å²) in [5.74, 6) is -1.02. The zero-order chi connectivity index (χ0) is 20.8. The molecule has 0 bridgehead atoms. The van der Waals surface area contributed by atoms with Crippen molar-refractivity contribution in [3.05, 3.63) is 35.1 Å². The molecule has 5 rings (SSSR count). The summed E-state index contributed by atoms with van der Waals surface area (Å²) in [6.45, 7) is 0. The summed E-state index contributed by atoms with van der Waals surface area (Å²) < 4.78 is 6.81. The van der Waals surface area contributed by atoms with E-state index in [2.05, 4.69) is 10.1 Å². The molecule has 0 amide bonds. The van der Waals surface area contributed by atoms with Crippen LogP contribution in [0.15, 0.2) is 24.4 Å². The van der Waals surface area contributed by atoms with Gasteiger partial charge in [-0.25, -0.2) is 14.5 Å². The maximum absolute atomic E-state index is 11.1. The van der Waals surface area contributed by atoms with Gasteiger partial charge in [0.1, 0.15) is 10.8 Å². The Morgan fingerprint density at radius 2 is 1.83 bits per heavy atom. The molecule has 2 N–H and O–H groups in total. The minimum absolute atomic E-state index is 0.00847. The number of aromatic carboxylic acids is 1. The number of hydrogen-bond donors (Lipinski definition) is 2.